The number of benzene rings is 2. The van der Waals surface area contributed by atoms with Gasteiger partial charge in [0.15, 0.2) is 5.17 Å². The van der Waals surface area contributed by atoms with Crippen LogP contribution in [0.3, 0.4) is 0 Å². The molecule has 1 saturated heterocycles. The number of nitrogens with zero attached hydrogens (tertiary/aromatic N) is 4. The summed E-state index contributed by atoms with van der Waals surface area (Å²) in [5, 5.41) is 7.20. The van der Waals surface area contributed by atoms with Crippen molar-refractivity contribution in [2.75, 3.05) is 13.1 Å². The molecule has 0 radical (unpaired) electrons. The van der Waals surface area contributed by atoms with Gasteiger partial charge in [-0.3, -0.25) is 14.3 Å². The lowest BCUT2D eigenvalue weighted by Gasteiger charge is -2.17. The fourth-order valence-corrected chi connectivity index (χ4v) is 5.88. The topological polar surface area (TPSA) is 79.6 Å². The van der Waals surface area contributed by atoms with Crippen LogP contribution in [0.25, 0.3) is 17.0 Å². The van der Waals surface area contributed by atoms with E-state index in [0.717, 1.165) is 17.8 Å². The highest BCUT2D eigenvalue weighted by Crippen LogP contribution is 2.35. The first-order chi connectivity index (χ1) is 18.8. The fourth-order valence-electron chi connectivity index (χ4n) is 4.44. The first kappa shape index (κ1) is 28.4. The predicted octanol–water partition coefficient (Wildman–Crippen LogP) is 5.43. The minimum absolute atomic E-state index is 0.0819. The fraction of sp³-hybridized carbons (Fsp3) is 0.280. The van der Waals surface area contributed by atoms with Gasteiger partial charge >= 0.3 is 18.3 Å². The standard InChI is InChI=1S/C25H18F6IN5O2S/c26-24(27,28)18-9-16(32)3-2-14(18)11-37-19-4-1-13(7-15(19)10-33-37)8-20-21(38)35-23(40-20)36-6-5-17(12-36)34-22(39)25(29,30)31/h1-4,7-10,17H,5-6,11-12H2,(H,34,39)/b20-8-/t17-/m0/s1. The number of halogens is 7. The number of fused-ring (bicyclic) bond motifs is 1. The Balaban J connectivity index is 1.28. The van der Waals surface area contributed by atoms with Crippen molar-refractivity contribution in [2.45, 2.75) is 31.4 Å². The average molecular weight is 693 g/mol. The van der Waals surface area contributed by atoms with Gasteiger partial charge in [0.1, 0.15) is 0 Å². The zero-order chi connectivity index (χ0) is 28.8. The number of amides is 2. The molecule has 1 fully saturated rings. The van der Waals surface area contributed by atoms with E-state index in [-0.39, 0.29) is 25.1 Å². The summed E-state index contributed by atoms with van der Waals surface area (Å²) in [6.07, 6.45) is -6.05. The van der Waals surface area contributed by atoms with Crippen LogP contribution in [0.1, 0.15) is 23.1 Å². The van der Waals surface area contributed by atoms with Gasteiger partial charge in [0.2, 0.25) is 0 Å². The third-order valence-corrected chi connectivity index (χ3v) is 8.04. The number of aliphatic imine (C=N–C) groups is 1. The van der Waals surface area contributed by atoms with Gasteiger partial charge < -0.3 is 10.2 Å². The second-order valence-corrected chi connectivity index (χ2v) is 11.4. The predicted molar refractivity (Wildman–Crippen MR) is 145 cm³/mol. The number of alkyl halides is 6. The third kappa shape index (κ3) is 6.14. The average Bonchev–Trinajstić information content (AvgIpc) is 3.58. The molecule has 1 N–H and O–H groups in total. The summed E-state index contributed by atoms with van der Waals surface area (Å²) in [5.41, 5.74) is 0.620. The number of nitrogens with one attached hydrogen (secondary N) is 1. The number of hydrogen-bond acceptors (Lipinski definition) is 5. The molecule has 0 bridgehead atoms. The molecule has 5 rings (SSSR count). The molecule has 0 spiro atoms. The summed E-state index contributed by atoms with van der Waals surface area (Å²) >= 11 is 2.91. The van der Waals surface area contributed by atoms with Gasteiger partial charge in [0.05, 0.1) is 28.7 Å². The van der Waals surface area contributed by atoms with Crippen LogP contribution in [-0.2, 0) is 22.3 Å². The summed E-state index contributed by atoms with van der Waals surface area (Å²) in [7, 11) is 0. The zero-order valence-electron chi connectivity index (χ0n) is 20.2. The molecule has 2 aliphatic heterocycles. The number of rotatable bonds is 4. The van der Waals surface area contributed by atoms with Gasteiger partial charge in [0, 0.05) is 28.1 Å². The Morgan fingerprint density at radius 1 is 1.15 bits per heavy atom. The van der Waals surface area contributed by atoms with E-state index in [0.29, 0.717) is 36.7 Å². The summed E-state index contributed by atoms with van der Waals surface area (Å²) in [6.45, 7) is 0.342. The highest BCUT2D eigenvalue weighted by Gasteiger charge is 2.41. The van der Waals surface area contributed by atoms with Gasteiger partial charge in [-0.2, -0.15) is 36.4 Å². The second kappa shape index (κ2) is 10.7. The third-order valence-electron chi connectivity index (χ3n) is 6.32. The maximum Gasteiger partial charge on any atom is 0.471 e. The first-order valence-electron chi connectivity index (χ1n) is 11.7. The van der Waals surface area contributed by atoms with Crippen LogP contribution in [0.2, 0.25) is 0 Å². The van der Waals surface area contributed by atoms with E-state index in [1.165, 1.54) is 16.9 Å². The Labute approximate surface area is 240 Å². The SMILES string of the molecule is O=C1N=C(N2CC[C@H](NC(=O)C(F)(F)F)C2)S/C1=C\c1ccc2c(cnn2Cc2ccc(I)cc2C(F)(F)F)c1. The lowest BCUT2D eigenvalue weighted by atomic mass is 10.1. The van der Waals surface area contributed by atoms with E-state index in [9.17, 15) is 35.9 Å². The number of aromatic nitrogens is 2. The Hall–Kier alpha value is -3.08. The smallest absolute Gasteiger partial charge is 0.349 e. The number of thioether (sulfide) groups is 1. The first-order valence-corrected chi connectivity index (χ1v) is 13.6. The van der Waals surface area contributed by atoms with Crippen LogP contribution in [0.15, 0.2) is 52.5 Å². The lowest BCUT2D eigenvalue weighted by Crippen LogP contribution is -2.44. The Kier molecular flexibility index (Phi) is 7.62. The van der Waals surface area contributed by atoms with Crippen LogP contribution in [0, 0.1) is 3.57 Å². The maximum atomic E-state index is 13.5. The Morgan fingerprint density at radius 3 is 2.65 bits per heavy atom. The molecule has 1 aromatic heterocycles. The van der Waals surface area contributed by atoms with Crippen LogP contribution in [0.5, 0.6) is 0 Å². The van der Waals surface area contributed by atoms with Gasteiger partial charge in [-0.15, -0.1) is 0 Å². The van der Waals surface area contributed by atoms with Crippen molar-refractivity contribution >= 4 is 68.3 Å². The molecule has 2 aliphatic rings. The van der Waals surface area contributed by atoms with Crippen molar-refractivity contribution in [2.24, 2.45) is 4.99 Å². The molecular weight excluding hydrogens is 675 g/mol. The van der Waals surface area contributed by atoms with Gasteiger partial charge in [-0.05, 0) is 82.2 Å². The van der Waals surface area contributed by atoms with Crippen molar-refractivity contribution in [3.05, 3.63) is 67.8 Å². The van der Waals surface area contributed by atoms with Gasteiger partial charge in [0.25, 0.3) is 5.91 Å². The quantitative estimate of drug-likeness (QED) is 0.224. The van der Waals surface area contributed by atoms with Crippen LogP contribution in [0.4, 0.5) is 26.3 Å². The van der Waals surface area contributed by atoms with Crippen molar-refractivity contribution in [3.63, 3.8) is 0 Å². The normalized spacial score (nSPS) is 19.1. The zero-order valence-corrected chi connectivity index (χ0v) is 23.2. The van der Waals surface area contributed by atoms with E-state index in [1.807, 2.05) is 27.9 Å². The highest BCUT2D eigenvalue weighted by molar-refractivity contribution is 14.1. The number of hydrogen-bond donors (Lipinski definition) is 1. The molecule has 1 atom stereocenters. The van der Waals surface area contributed by atoms with Crippen LogP contribution < -0.4 is 5.32 Å². The number of carbonyl (C=O) groups is 2. The summed E-state index contributed by atoms with van der Waals surface area (Å²) in [5.74, 6) is -2.51. The van der Waals surface area contributed by atoms with Crippen molar-refractivity contribution < 1.29 is 35.9 Å². The molecule has 0 saturated carbocycles. The van der Waals surface area contributed by atoms with E-state index in [1.54, 1.807) is 35.2 Å². The largest absolute Gasteiger partial charge is 0.471 e. The molecule has 0 aliphatic carbocycles. The molecule has 2 amide bonds. The van der Waals surface area contributed by atoms with Crippen LogP contribution >= 0.6 is 34.4 Å². The highest BCUT2D eigenvalue weighted by atomic mass is 127. The number of carbonyl (C=O) groups excluding carboxylic acids is 2. The number of likely N-dealkylation sites (tertiary alicyclic amines) is 1. The molecule has 2 aromatic carbocycles. The molecule has 7 nitrogen and oxygen atoms in total. The minimum Gasteiger partial charge on any atom is -0.349 e. The number of amidine groups is 1. The van der Waals surface area contributed by atoms with E-state index >= 15 is 0 Å². The maximum absolute atomic E-state index is 13.5. The molecule has 210 valence electrons. The molecule has 3 heterocycles. The Morgan fingerprint density at radius 2 is 1.93 bits per heavy atom. The van der Waals surface area contributed by atoms with Crippen molar-refractivity contribution in [1.82, 2.24) is 20.0 Å². The van der Waals surface area contributed by atoms with Crippen LogP contribution in [-0.4, -0.2) is 57.0 Å². The Bertz CT molecular complexity index is 1570. The van der Waals surface area contributed by atoms with Gasteiger partial charge in [-0.25, -0.2) is 0 Å². The van der Waals surface area contributed by atoms with E-state index in [4.69, 9.17) is 0 Å². The molecular formula is C25H18F6IN5O2S. The minimum atomic E-state index is -4.97. The van der Waals surface area contributed by atoms with Gasteiger partial charge in [-0.1, -0.05) is 12.1 Å². The molecule has 3 aromatic rings. The molecule has 40 heavy (non-hydrogen) atoms. The van der Waals surface area contributed by atoms with E-state index < -0.39 is 35.8 Å². The summed E-state index contributed by atoms with van der Waals surface area (Å²) < 4.78 is 80.2. The molecule has 15 heteroatoms. The summed E-state index contributed by atoms with van der Waals surface area (Å²) in [6, 6.07) is 8.57. The van der Waals surface area contributed by atoms with Crippen molar-refractivity contribution in [1.29, 1.82) is 0 Å². The van der Waals surface area contributed by atoms with E-state index in [2.05, 4.69) is 10.1 Å². The lowest BCUT2D eigenvalue weighted by molar-refractivity contribution is -0.174. The monoisotopic (exact) mass is 693 g/mol. The molecule has 0 unspecified atom stereocenters. The summed E-state index contributed by atoms with van der Waals surface area (Å²) in [4.78, 5) is 29.7. The van der Waals surface area contributed by atoms with Crippen molar-refractivity contribution in [3.8, 4) is 0 Å². The second-order valence-electron chi connectivity index (χ2n) is 9.13.